The molecule has 0 aliphatic heterocycles. The maximum atomic E-state index is 11.8. The summed E-state index contributed by atoms with van der Waals surface area (Å²) in [5.74, 6) is -1.34. The molecule has 0 aliphatic rings. The summed E-state index contributed by atoms with van der Waals surface area (Å²) in [7, 11) is 0. The number of hydrogen-bond acceptors (Lipinski definition) is 3. The van der Waals surface area contributed by atoms with Crippen LogP contribution < -0.4 is 0 Å². The van der Waals surface area contributed by atoms with Crippen LogP contribution in [0.5, 0.6) is 0 Å². The summed E-state index contributed by atoms with van der Waals surface area (Å²) in [5, 5.41) is 0. The first-order valence-electron chi connectivity index (χ1n) is 5.26. The second-order valence-corrected chi connectivity index (χ2v) is 3.82. The largest absolute Gasteiger partial charge is 0.460 e. The minimum Gasteiger partial charge on any atom is -0.460 e. The Morgan fingerprint density at radius 1 is 1.12 bits per heavy atom. The van der Waals surface area contributed by atoms with Crippen molar-refractivity contribution < 1.29 is 14.3 Å². The van der Waals surface area contributed by atoms with E-state index in [1.165, 1.54) is 0 Å². The van der Waals surface area contributed by atoms with Crippen molar-refractivity contribution in [2.45, 2.75) is 27.7 Å². The maximum Gasteiger partial charge on any atom is 0.379 e. The Labute approximate surface area is 105 Å². The lowest BCUT2D eigenvalue weighted by Crippen LogP contribution is -2.19. The van der Waals surface area contributed by atoms with Gasteiger partial charge in [0.2, 0.25) is 0 Å². The molecule has 1 aromatic carbocycles. The summed E-state index contributed by atoms with van der Waals surface area (Å²) < 4.78 is 4.71. The Kier molecular flexibility index (Phi) is 6.04. The molecule has 1 rings (SSSR count). The van der Waals surface area contributed by atoms with Crippen LogP contribution in [0.1, 0.15) is 34.0 Å². The Balaban J connectivity index is 0.00000256. The van der Waals surface area contributed by atoms with E-state index in [4.69, 9.17) is 4.74 Å². The van der Waals surface area contributed by atoms with E-state index in [2.05, 4.69) is 0 Å². The first-order valence-corrected chi connectivity index (χ1v) is 5.26. The Morgan fingerprint density at radius 3 is 2.00 bits per heavy atom. The van der Waals surface area contributed by atoms with Crippen molar-refractivity contribution in [2.75, 3.05) is 6.61 Å². The van der Waals surface area contributed by atoms with Crippen molar-refractivity contribution in [1.29, 1.82) is 0 Å². The average molecular weight is 254 g/mol. The van der Waals surface area contributed by atoms with Gasteiger partial charge in [0, 0.05) is 5.56 Å². The lowest BCUT2D eigenvalue weighted by atomic mass is 9.97. The molecule has 94 valence electrons. The lowest BCUT2D eigenvalue weighted by molar-refractivity contribution is -0.137. The molecule has 0 fully saturated rings. The van der Waals surface area contributed by atoms with Gasteiger partial charge in [0.15, 0.2) is 0 Å². The van der Waals surface area contributed by atoms with Gasteiger partial charge in [-0.3, -0.25) is 4.79 Å². The smallest absolute Gasteiger partial charge is 0.379 e. The number of esters is 1. The zero-order valence-electron chi connectivity index (χ0n) is 10.8. The van der Waals surface area contributed by atoms with Gasteiger partial charge in [-0.25, -0.2) is 4.79 Å². The van der Waals surface area contributed by atoms with Crippen LogP contribution in [0.3, 0.4) is 0 Å². The summed E-state index contributed by atoms with van der Waals surface area (Å²) in [4.78, 5) is 23.2. The Hall–Kier alpha value is -1.21. The molecule has 0 saturated carbocycles. The van der Waals surface area contributed by atoms with Gasteiger partial charge in [-0.1, -0.05) is 17.7 Å². The zero-order chi connectivity index (χ0) is 12.3. The van der Waals surface area contributed by atoms with Crippen LogP contribution in [0, 0.1) is 20.8 Å². The minimum absolute atomic E-state index is 0. The first kappa shape index (κ1) is 15.8. The Morgan fingerprint density at radius 2 is 1.59 bits per heavy atom. The van der Waals surface area contributed by atoms with E-state index in [-0.39, 0.29) is 16.5 Å². The van der Waals surface area contributed by atoms with Crippen molar-refractivity contribution >= 4 is 21.7 Å². The normalized spacial score (nSPS) is 9.41. The number of carbonyl (C=O) groups excluding carboxylic acids is 2. The van der Waals surface area contributed by atoms with Crippen molar-refractivity contribution in [3.63, 3.8) is 0 Å². The lowest BCUT2D eigenvalue weighted by Gasteiger charge is -2.09. The molecular weight excluding hydrogens is 235 g/mol. The molecule has 4 heteroatoms. The highest BCUT2D eigenvalue weighted by Gasteiger charge is 2.21. The van der Waals surface area contributed by atoms with Gasteiger partial charge in [-0.05, 0) is 38.8 Å². The fourth-order valence-electron chi connectivity index (χ4n) is 1.84. The van der Waals surface area contributed by atoms with Crippen LogP contribution in [0.25, 0.3) is 0 Å². The van der Waals surface area contributed by atoms with E-state index in [0.717, 1.165) is 16.7 Å². The van der Waals surface area contributed by atoms with Gasteiger partial charge >= 0.3 is 5.97 Å². The van der Waals surface area contributed by atoms with Crippen LogP contribution in [-0.2, 0) is 9.53 Å². The highest BCUT2D eigenvalue weighted by molar-refractivity contribution is 6.92. The molecule has 1 unspecified atom stereocenters. The fourth-order valence-corrected chi connectivity index (χ4v) is 1.84. The molecule has 0 spiro atoms. The number of hydrogen-bond donors (Lipinski definition) is 0. The second kappa shape index (κ2) is 6.51. The van der Waals surface area contributed by atoms with E-state index < -0.39 is 11.8 Å². The van der Waals surface area contributed by atoms with Gasteiger partial charge in [0.1, 0.15) is 0 Å². The Bertz CT molecular complexity index is 415. The number of rotatable bonds is 3. The predicted octanol–water partition coefficient (Wildman–Crippen LogP) is 2.42. The van der Waals surface area contributed by atoms with Crippen LogP contribution in [-0.4, -0.2) is 18.4 Å². The monoisotopic (exact) mass is 254 g/mol. The van der Waals surface area contributed by atoms with Crippen molar-refractivity contribution in [2.24, 2.45) is 0 Å². The number of ketones is 1. The van der Waals surface area contributed by atoms with Crippen molar-refractivity contribution in [1.82, 2.24) is 0 Å². The molecule has 0 N–H and O–H groups in total. The van der Waals surface area contributed by atoms with Crippen molar-refractivity contribution in [3.8, 4) is 0 Å². The van der Waals surface area contributed by atoms with Crippen LogP contribution in [0.4, 0.5) is 0 Å². The van der Waals surface area contributed by atoms with Gasteiger partial charge in [-0.2, -0.15) is 9.90 Å². The van der Waals surface area contributed by atoms with E-state index in [1.807, 2.05) is 32.9 Å². The van der Waals surface area contributed by atoms with Gasteiger partial charge in [-0.15, -0.1) is 0 Å². The molecule has 1 atom stereocenters. The number of aryl methyl sites for hydroxylation is 3. The van der Waals surface area contributed by atoms with E-state index >= 15 is 0 Å². The quantitative estimate of drug-likeness (QED) is 0.360. The molecule has 0 aromatic heterocycles. The molecule has 3 nitrogen and oxygen atoms in total. The van der Waals surface area contributed by atoms with Crippen molar-refractivity contribution in [3.05, 3.63) is 34.4 Å². The first-order chi connectivity index (χ1) is 7.47. The predicted molar refractivity (Wildman–Crippen MR) is 72.7 cm³/mol. The average Bonchev–Trinajstić information content (AvgIpc) is 2.16. The molecule has 0 radical (unpaired) electrons. The highest BCUT2D eigenvalue weighted by atomic mass is 31.0. The third-order valence-corrected chi connectivity index (χ3v) is 2.36. The van der Waals surface area contributed by atoms with E-state index in [9.17, 15) is 9.59 Å². The van der Waals surface area contributed by atoms with Crippen LogP contribution >= 0.6 is 9.90 Å². The maximum absolute atomic E-state index is 11.8. The van der Waals surface area contributed by atoms with Crippen LogP contribution in [0.2, 0.25) is 0 Å². The third kappa shape index (κ3) is 3.64. The molecule has 1 aromatic rings. The summed E-state index contributed by atoms with van der Waals surface area (Å²) in [6.45, 7) is 7.51. The van der Waals surface area contributed by atoms with Gasteiger partial charge < -0.3 is 4.74 Å². The standard InChI is InChI=1S/C13H16O3.H3P/c1-5-16-13(15)12(14)11-9(3)6-8(2)7-10(11)4;/h6-7H,5H2,1-4H3;1H3. The summed E-state index contributed by atoms with van der Waals surface area (Å²) in [6, 6.07) is 3.78. The zero-order valence-corrected chi connectivity index (χ0v) is 12.2. The fraction of sp³-hybridized carbons (Fsp3) is 0.385. The molecule has 17 heavy (non-hydrogen) atoms. The third-order valence-electron chi connectivity index (χ3n) is 2.36. The summed E-state index contributed by atoms with van der Waals surface area (Å²) >= 11 is 0. The SMILES string of the molecule is CCOC(=O)C(=O)c1c(C)cc(C)cc1C.P. The molecule has 0 heterocycles. The molecule has 0 bridgehead atoms. The molecule has 0 amide bonds. The number of Topliss-reactive ketones (excluding diaryl/α,β-unsaturated/α-hetero) is 1. The number of benzene rings is 1. The van der Waals surface area contributed by atoms with Gasteiger partial charge in [0.05, 0.1) is 6.61 Å². The summed E-state index contributed by atoms with van der Waals surface area (Å²) in [5.41, 5.74) is 3.17. The number of carbonyl (C=O) groups is 2. The molecular formula is C13H19O3P. The summed E-state index contributed by atoms with van der Waals surface area (Å²) in [6.07, 6.45) is 0. The van der Waals surface area contributed by atoms with E-state index in [0.29, 0.717) is 5.56 Å². The molecule has 0 aliphatic carbocycles. The van der Waals surface area contributed by atoms with Crippen LogP contribution in [0.15, 0.2) is 12.1 Å². The van der Waals surface area contributed by atoms with E-state index in [1.54, 1.807) is 6.92 Å². The second-order valence-electron chi connectivity index (χ2n) is 3.82. The number of ether oxygens (including phenoxy) is 1. The molecule has 0 saturated heterocycles. The highest BCUT2D eigenvalue weighted by Crippen LogP contribution is 2.17. The van der Waals surface area contributed by atoms with Gasteiger partial charge in [0.25, 0.3) is 5.78 Å². The topological polar surface area (TPSA) is 43.4 Å². The minimum atomic E-state index is -0.780.